The Kier molecular flexibility index (Phi) is 5.16. The lowest BCUT2D eigenvalue weighted by atomic mass is 10.2. The van der Waals surface area contributed by atoms with E-state index in [0.29, 0.717) is 6.54 Å². The van der Waals surface area contributed by atoms with Crippen LogP contribution in [0, 0.1) is 6.92 Å². The highest BCUT2D eigenvalue weighted by atomic mass is 16.2. The fraction of sp³-hybridized carbons (Fsp3) is 0.167. The molecule has 2 aromatic carbocycles. The minimum Gasteiger partial charge on any atom is -0.308 e. The van der Waals surface area contributed by atoms with E-state index in [1.54, 1.807) is 4.90 Å². The van der Waals surface area contributed by atoms with Gasteiger partial charge in [-0.1, -0.05) is 42.0 Å². The van der Waals surface area contributed by atoms with Crippen LogP contribution in [0.25, 0.3) is 0 Å². The summed E-state index contributed by atoms with van der Waals surface area (Å²) in [4.78, 5) is 14.2. The van der Waals surface area contributed by atoms with Crippen LogP contribution in [0.2, 0.25) is 0 Å². The SMILES string of the molecule is C=CCCN(C(=O)Nc1ccc(C)cc1)c1ccccc1. The summed E-state index contributed by atoms with van der Waals surface area (Å²) in [7, 11) is 0. The Balaban J connectivity index is 2.14. The van der Waals surface area contributed by atoms with Crippen molar-refractivity contribution in [1.82, 2.24) is 0 Å². The average molecular weight is 280 g/mol. The maximum absolute atomic E-state index is 12.5. The molecule has 2 aromatic rings. The van der Waals surface area contributed by atoms with E-state index in [1.165, 1.54) is 5.56 Å². The molecule has 0 aliphatic heterocycles. The maximum Gasteiger partial charge on any atom is 0.326 e. The molecule has 0 radical (unpaired) electrons. The molecule has 0 aliphatic rings. The number of para-hydroxylation sites is 1. The number of aryl methyl sites for hydroxylation is 1. The van der Waals surface area contributed by atoms with E-state index < -0.39 is 0 Å². The molecule has 3 heteroatoms. The maximum atomic E-state index is 12.5. The summed E-state index contributed by atoms with van der Waals surface area (Å²) in [6.45, 7) is 6.34. The molecule has 108 valence electrons. The number of amides is 2. The van der Waals surface area contributed by atoms with Crippen molar-refractivity contribution in [3.63, 3.8) is 0 Å². The van der Waals surface area contributed by atoms with Crippen LogP contribution >= 0.6 is 0 Å². The van der Waals surface area contributed by atoms with E-state index in [0.717, 1.165) is 17.8 Å². The Labute approximate surface area is 125 Å². The standard InChI is InChI=1S/C18H20N2O/c1-3-4-14-20(17-8-6-5-7-9-17)18(21)19-16-12-10-15(2)11-13-16/h3,5-13H,1,4,14H2,2H3,(H,19,21). The number of carbonyl (C=O) groups is 1. The molecular formula is C18H20N2O. The smallest absolute Gasteiger partial charge is 0.308 e. The van der Waals surface area contributed by atoms with Gasteiger partial charge < -0.3 is 5.32 Å². The first-order valence-electron chi connectivity index (χ1n) is 7.02. The average Bonchev–Trinajstić information content (AvgIpc) is 2.51. The number of rotatable bonds is 5. The largest absolute Gasteiger partial charge is 0.326 e. The molecule has 21 heavy (non-hydrogen) atoms. The zero-order valence-corrected chi connectivity index (χ0v) is 12.3. The van der Waals surface area contributed by atoms with Gasteiger partial charge in [0.2, 0.25) is 0 Å². The number of nitrogens with one attached hydrogen (secondary N) is 1. The van der Waals surface area contributed by atoms with Crippen molar-refractivity contribution in [3.8, 4) is 0 Å². The van der Waals surface area contributed by atoms with Gasteiger partial charge >= 0.3 is 6.03 Å². The van der Waals surface area contributed by atoms with Gasteiger partial charge in [0.25, 0.3) is 0 Å². The van der Waals surface area contributed by atoms with Gasteiger partial charge in [0.15, 0.2) is 0 Å². The number of hydrogen-bond donors (Lipinski definition) is 1. The van der Waals surface area contributed by atoms with Crippen LogP contribution in [0.4, 0.5) is 16.2 Å². The number of benzene rings is 2. The molecule has 2 amide bonds. The second kappa shape index (κ2) is 7.29. The third-order valence-corrected chi connectivity index (χ3v) is 3.17. The molecule has 0 saturated carbocycles. The van der Waals surface area contributed by atoms with Crippen LogP contribution < -0.4 is 10.2 Å². The summed E-state index contributed by atoms with van der Waals surface area (Å²) in [6, 6.07) is 17.3. The topological polar surface area (TPSA) is 32.3 Å². The van der Waals surface area contributed by atoms with Crippen molar-refractivity contribution in [3.05, 3.63) is 72.8 Å². The van der Waals surface area contributed by atoms with Gasteiger partial charge in [-0.25, -0.2) is 4.79 Å². The van der Waals surface area contributed by atoms with Crippen molar-refractivity contribution < 1.29 is 4.79 Å². The molecule has 0 aromatic heterocycles. The van der Waals surface area contributed by atoms with E-state index >= 15 is 0 Å². The zero-order valence-electron chi connectivity index (χ0n) is 12.3. The number of urea groups is 1. The molecule has 0 bridgehead atoms. The zero-order chi connectivity index (χ0) is 15.1. The summed E-state index contributed by atoms with van der Waals surface area (Å²) < 4.78 is 0. The molecule has 2 rings (SSSR count). The quantitative estimate of drug-likeness (QED) is 0.797. The van der Waals surface area contributed by atoms with Crippen LogP contribution in [-0.4, -0.2) is 12.6 Å². The normalized spacial score (nSPS) is 9.95. The minimum absolute atomic E-state index is 0.132. The summed E-state index contributed by atoms with van der Waals surface area (Å²) in [5.41, 5.74) is 2.84. The molecule has 3 nitrogen and oxygen atoms in total. The van der Waals surface area contributed by atoms with Crippen molar-refractivity contribution in [1.29, 1.82) is 0 Å². The van der Waals surface area contributed by atoms with Crippen LogP contribution in [-0.2, 0) is 0 Å². The van der Waals surface area contributed by atoms with Gasteiger partial charge in [-0.05, 0) is 37.6 Å². The van der Waals surface area contributed by atoms with Crippen molar-refractivity contribution in [2.24, 2.45) is 0 Å². The number of hydrogen-bond acceptors (Lipinski definition) is 1. The van der Waals surface area contributed by atoms with Crippen molar-refractivity contribution in [2.75, 3.05) is 16.8 Å². The Morgan fingerprint density at radius 3 is 2.43 bits per heavy atom. The van der Waals surface area contributed by atoms with Crippen LogP contribution in [0.3, 0.4) is 0 Å². The Hall–Kier alpha value is -2.55. The highest BCUT2D eigenvalue weighted by molar-refractivity contribution is 6.01. The van der Waals surface area contributed by atoms with E-state index in [9.17, 15) is 4.79 Å². The van der Waals surface area contributed by atoms with Gasteiger partial charge in [0.05, 0.1) is 0 Å². The molecule has 0 spiro atoms. The molecular weight excluding hydrogens is 260 g/mol. The predicted molar refractivity (Wildman–Crippen MR) is 88.8 cm³/mol. The minimum atomic E-state index is -0.132. The molecule has 0 atom stereocenters. The molecule has 0 aliphatic carbocycles. The molecule has 0 saturated heterocycles. The third kappa shape index (κ3) is 4.21. The summed E-state index contributed by atoms with van der Waals surface area (Å²) in [5, 5.41) is 2.93. The van der Waals surface area contributed by atoms with Gasteiger partial charge in [-0.15, -0.1) is 6.58 Å². The van der Waals surface area contributed by atoms with Crippen molar-refractivity contribution >= 4 is 17.4 Å². The van der Waals surface area contributed by atoms with E-state index in [2.05, 4.69) is 11.9 Å². The third-order valence-electron chi connectivity index (χ3n) is 3.17. The monoisotopic (exact) mass is 280 g/mol. The Morgan fingerprint density at radius 1 is 1.14 bits per heavy atom. The predicted octanol–water partition coefficient (Wildman–Crippen LogP) is 4.61. The fourth-order valence-electron chi connectivity index (χ4n) is 2.00. The molecule has 1 N–H and O–H groups in total. The Bertz CT molecular complexity index is 590. The van der Waals surface area contributed by atoms with E-state index in [-0.39, 0.29) is 6.03 Å². The summed E-state index contributed by atoms with van der Waals surface area (Å²) >= 11 is 0. The van der Waals surface area contributed by atoms with E-state index in [1.807, 2.05) is 67.6 Å². The number of anilines is 2. The lowest BCUT2D eigenvalue weighted by Gasteiger charge is -2.22. The first-order valence-corrected chi connectivity index (χ1v) is 7.02. The lowest BCUT2D eigenvalue weighted by Crippen LogP contribution is -2.35. The Morgan fingerprint density at radius 2 is 1.81 bits per heavy atom. The van der Waals surface area contributed by atoms with Crippen LogP contribution in [0.1, 0.15) is 12.0 Å². The van der Waals surface area contributed by atoms with Gasteiger partial charge in [-0.3, -0.25) is 4.90 Å². The van der Waals surface area contributed by atoms with Gasteiger partial charge in [0, 0.05) is 17.9 Å². The van der Waals surface area contributed by atoms with E-state index in [4.69, 9.17) is 0 Å². The first kappa shape index (κ1) is 14.9. The highest BCUT2D eigenvalue weighted by Gasteiger charge is 2.14. The first-order chi connectivity index (χ1) is 10.2. The molecule has 0 fully saturated rings. The second-order valence-electron chi connectivity index (χ2n) is 4.86. The van der Waals surface area contributed by atoms with Crippen LogP contribution in [0.15, 0.2) is 67.3 Å². The highest BCUT2D eigenvalue weighted by Crippen LogP contribution is 2.16. The van der Waals surface area contributed by atoms with Crippen molar-refractivity contribution in [2.45, 2.75) is 13.3 Å². The summed E-state index contributed by atoms with van der Waals surface area (Å²) in [6.07, 6.45) is 2.56. The van der Waals surface area contributed by atoms with Gasteiger partial charge in [0.1, 0.15) is 0 Å². The second-order valence-corrected chi connectivity index (χ2v) is 4.86. The molecule has 0 heterocycles. The number of nitrogens with zero attached hydrogens (tertiary/aromatic N) is 1. The number of carbonyl (C=O) groups excluding carboxylic acids is 1. The fourth-order valence-corrected chi connectivity index (χ4v) is 2.00. The van der Waals surface area contributed by atoms with Gasteiger partial charge in [-0.2, -0.15) is 0 Å². The van der Waals surface area contributed by atoms with Crippen LogP contribution in [0.5, 0.6) is 0 Å². The molecule has 0 unspecified atom stereocenters. The summed E-state index contributed by atoms with van der Waals surface area (Å²) in [5.74, 6) is 0. The lowest BCUT2D eigenvalue weighted by molar-refractivity contribution is 0.257.